The van der Waals surface area contributed by atoms with Crippen molar-refractivity contribution in [3.8, 4) is 5.75 Å². The summed E-state index contributed by atoms with van der Waals surface area (Å²) in [7, 11) is 1.62. The summed E-state index contributed by atoms with van der Waals surface area (Å²) in [5.41, 5.74) is 7.85. The zero-order chi connectivity index (χ0) is 21.7. The number of rotatable bonds is 6. The van der Waals surface area contributed by atoms with Crippen LogP contribution in [0.25, 0.3) is 0 Å². The van der Waals surface area contributed by atoms with Gasteiger partial charge >= 0.3 is 0 Å². The van der Waals surface area contributed by atoms with Gasteiger partial charge in [-0.3, -0.25) is 9.59 Å². The van der Waals surface area contributed by atoms with Crippen LogP contribution in [0, 0.1) is 5.92 Å². The fourth-order valence-electron chi connectivity index (χ4n) is 3.47. The first-order chi connectivity index (χ1) is 14.4. The van der Waals surface area contributed by atoms with Crippen LogP contribution >= 0.6 is 0 Å². The fourth-order valence-corrected chi connectivity index (χ4v) is 3.47. The number of amides is 2. The van der Waals surface area contributed by atoms with Crippen molar-refractivity contribution in [3.63, 3.8) is 0 Å². The molecule has 160 valence electrons. The Balaban J connectivity index is 1.52. The molecule has 1 aromatic heterocycles. The van der Waals surface area contributed by atoms with Gasteiger partial charge in [-0.25, -0.2) is 9.97 Å². The van der Waals surface area contributed by atoms with Gasteiger partial charge < -0.3 is 20.7 Å². The van der Waals surface area contributed by atoms with E-state index in [0.29, 0.717) is 38.2 Å². The summed E-state index contributed by atoms with van der Waals surface area (Å²) < 4.78 is 5.14. The number of ether oxygens (including phenoxy) is 1. The van der Waals surface area contributed by atoms with Crippen molar-refractivity contribution in [2.75, 3.05) is 25.9 Å². The predicted molar refractivity (Wildman–Crippen MR) is 114 cm³/mol. The molecule has 1 aliphatic heterocycles. The molecule has 1 fully saturated rings. The number of likely N-dealkylation sites (tertiary alicyclic amines) is 1. The lowest BCUT2D eigenvalue weighted by Gasteiger charge is -2.31. The molecule has 0 bridgehead atoms. The third kappa shape index (κ3) is 5.25. The van der Waals surface area contributed by atoms with Crippen LogP contribution in [0.4, 0.5) is 5.95 Å². The molecule has 8 nitrogen and oxygen atoms in total. The number of carbonyl (C=O) groups excluding carboxylic acids is 2. The molecule has 2 amide bonds. The molecule has 3 rings (SSSR count). The number of aromatic nitrogens is 2. The third-order valence-electron chi connectivity index (χ3n) is 5.35. The molecule has 1 saturated heterocycles. The maximum Gasteiger partial charge on any atom is 0.272 e. The first-order valence-electron chi connectivity index (χ1n) is 10.2. The van der Waals surface area contributed by atoms with Crippen molar-refractivity contribution in [3.05, 3.63) is 47.3 Å². The van der Waals surface area contributed by atoms with E-state index in [0.717, 1.165) is 17.0 Å². The Bertz CT molecular complexity index is 890. The van der Waals surface area contributed by atoms with Gasteiger partial charge in [0.15, 0.2) is 0 Å². The number of anilines is 1. The summed E-state index contributed by atoms with van der Waals surface area (Å²) in [6.07, 6.45) is 1.25. The van der Waals surface area contributed by atoms with Crippen molar-refractivity contribution in [2.24, 2.45) is 5.92 Å². The smallest absolute Gasteiger partial charge is 0.272 e. The van der Waals surface area contributed by atoms with Gasteiger partial charge in [-0.15, -0.1) is 0 Å². The lowest BCUT2D eigenvalue weighted by atomic mass is 9.95. The summed E-state index contributed by atoms with van der Waals surface area (Å²) in [6, 6.07) is 9.31. The SMILES string of the molecule is COc1ccc(CNC(=O)C2CCN(C(=O)c3cc(C(C)C)nc(N)n3)CC2)cc1. The minimum Gasteiger partial charge on any atom is -0.497 e. The molecule has 1 aromatic carbocycles. The standard InChI is InChI=1S/C22H29N5O3/c1-14(2)18-12-19(26-22(23)25-18)21(29)27-10-8-16(9-11-27)20(28)24-13-15-4-6-17(30-3)7-5-15/h4-7,12,14,16H,8-11,13H2,1-3H3,(H,24,28)(H2,23,25,26). The number of carbonyl (C=O) groups is 2. The van der Waals surface area contributed by atoms with Gasteiger partial charge in [-0.2, -0.15) is 0 Å². The summed E-state index contributed by atoms with van der Waals surface area (Å²) in [6.45, 7) is 5.49. The molecular weight excluding hydrogens is 382 g/mol. The molecule has 0 radical (unpaired) electrons. The van der Waals surface area contributed by atoms with Gasteiger partial charge in [0.2, 0.25) is 11.9 Å². The van der Waals surface area contributed by atoms with Crippen LogP contribution < -0.4 is 15.8 Å². The highest BCUT2D eigenvalue weighted by Crippen LogP contribution is 2.21. The Morgan fingerprint density at radius 3 is 2.47 bits per heavy atom. The maximum absolute atomic E-state index is 12.8. The zero-order valence-corrected chi connectivity index (χ0v) is 17.7. The number of methoxy groups -OCH3 is 1. The fraction of sp³-hybridized carbons (Fsp3) is 0.455. The van der Waals surface area contributed by atoms with E-state index in [1.807, 2.05) is 38.1 Å². The molecule has 0 saturated carbocycles. The molecule has 3 N–H and O–H groups in total. The van der Waals surface area contributed by atoms with E-state index in [-0.39, 0.29) is 29.6 Å². The van der Waals surface area contributed by atoms with E-state index in [4.69, 9.17) is 10.5 Å². The predicted octanol–water partition coefficient (Wildman–Crippen LogP) is 2.36. The van der Waals surface area contributed by atoms with Crippen LogP contribution in [0.2, 0.25) is 0 Å². The molecule has 2 aromatic rings. The summed E-state index contributed by atoms with van der Waals surface area (Å²) >= 11 is 0. The second-order valence-electron chi connectivity index (χ2n) is 7.82. The Hall–Kier alpha value is -3.16. The van der Waals surface area contributed by atoms with E-state index >= 15 is 0 Å². The Morgan fingerprint density at radius 1 is 1.20 bits per heavy atom. The Kier molecular flexibility index (Phi) is 6.87. The first-order valence-corrected chi connectivity index (χ1v) is 10.2. The molecule has 0 atom stereocenters. The highest BCUT2D eigenvalue weighted by Gasteiger charge is 2.28. The van der Waals surface area contributed by atoms with Crippen LogP contribution in [-0.2, 0) is 11.3 Å². The molecule has 2 heterocycles. The molecule has 0 aliphatic carbocycles. The topological polar surface area (TPSA) is 110 Å². The van der Waals surface area contributed by atoms with Crippen molar-refractivity contribution in [1.82, 2.24) is 20.2 Å². The maximum atomic E-state index is 12.8. The Labute approximate surface area is 176 Å². The number of nitrogens with one attached hydrogen (secondary N) is 1. The highest BCUT2D eigenvalue weighted by molar-refractivity contribution is 5.93. The molecule has 0 unspecified atom stereocenters. The number of piperidine rings is 1. The number of nitrogen functional groups attached to an aromatic ring is 1. The van der Waals surface area contributed by atoms with E-state index < -0.39 is 0 Å². The zero-order valence-electron chi connectivity index (χ0n) is 17.7. The first kappa shape index (κ1) is 21.5. The number of hydrogen-bond donors (Lipinski definition) is 2. The highest BCUT2D eigenvalue weighted by atomic mass is 16.5. The van der Waals surface area contributed by atoms with Crippen LogP contribution in [0.3, 0.4) is 0 Å². The molecular formula is C22H29N5O3. The minimum absolute atomic E-state index is 0.0197. The van der Waals surface area contributed by atoms with Crippen LogP contribution in [0.5, 0.6) is 5.75 Å². The lowest BCUT2D eigenvalue weighted by molar-refractivity contribution is -0.126. The van der Waals surface area contributed by atoms with E-state index in [1.165, 1.54) is 0 Å². The second kappa shape index (κ2) is 9.56. The van der Waals surface area contributed by atoms with Crippen molar-refractivity contribution >= 4 is 17.8 Å². The lowest BCUT2D eigenvalue weighted by Crippen LogP contribution is -2.43. The van der Waals surface area contributed by atoms with E-state index in [2.05, 4.69) is 15.3 Å². The number of nitrogens with zero attached hydrogens (tertiary/aromatic N) is 3. The van der Waals surface area contributed by atoms with Gasteiger partial charge in [0.05, 0.1) is 7.11 Å². The van der Waals surface area contributed by atoms with Crippen molar-refractivity contribution in [1.29, 1.82) is 0 Å². The van der Waals surface area contributed by atoms with Gasteiger partial charge in [0.25, 0.3) is 5.91 Å². The molecule has 1 aliphatic rings. The largest absolute Gasteiger partial charge is 0.497 e. The van der Waals surface area contributed by atoms with Crippen LogP contribution in [0.15, 0.2) is 30.3 Å². The summed E-state index contributed by atoms with van der Waals surface area (Å²) in [5.74, 6) is 0.802. The van der Waals surface area contributed by atoms with Crippen molar-refractivity contribution < 1.29 is 14.3 Å². The van der Waals surface area contributed by atoms with Gasteiger partial charge in [-0.05, 0) is 42.5 Å². The second-order valence-corrected chi connectivity index (χ2v) is 7.82. The average molecular weight is 412 g/mol. The Morgan fingerprint density at radius 2 is 1.87 bits per heavy atom. The average Bonchev–Trinajstić information content (AvgIpc) is 2.77. The monoisotopic (exact) mass is 411 g/mol. The summed E-state index contributed by atoms with van der Waals surface area (Å²) in [4.78, 5) is 35.4. The van der Waals surface area contributed by atoms with Gasteiger partial charge in [0.1, 0.15) is 11.4 Å². The third-order valence-corrected chi connectivity index (χ3v) is 5.35. The minimum atomic E-state index is -0.164. The normalized spacial score (nSPS) is 14.6. The van der Waals surface area contributed by atoms with Crippen LogP contribution in [-0.4, -0.2) is 46.9 Å². The van der Waals surface area contributed by atoms with Crippen LogP contribution in [0.1, 0.15) is 54.4 Å². The van der Waals surface area contributed by atoms with Crippen molar-refractivity contribution in [2.45, 2.75) is 39.2 Å². The quantitative estimate of drug-likeness (QED) is 0.755. The number of benzene rings is 1. The van der Waals surface area contributed by atoms with E-state index in [9.17, 15) is 9.59 Å². The number of hydrogen-bond acceptors (Lipinski definition) is 6. The molecule has 30 heavy (non-hydrogen) atoms. The number of nitrogens with two attached hydrogens (primary N) is 1. The molecule has 0 spiro atoms. The molecule has 8 heteroatoms. The summed E-state index contributed by atoms with van der Waals surface area (Å²) in [5, 5.41) is 2.99. The van der Waals surface area contributed by atoms with E-state index in [1.54, 1.807) is 18.1 Å². The van der Waals surface area contributed by atoms with Gasteiger partial charge in [0, 0.05) is 31.2 Å². The van der Waals surface area contributed by atoms with Gasteiger partial charge in [-0.1, -0.05) is 26.0 Å².